The van der Waals surface area contributed by atoms with Crippen molar-refractivity contribution >= 4 is 38.2 Å². The van der Waals surface area contributed by atoms with Crippen LogP contribution in [0.3, 0.4) is 0 Å². The molecule has 240 valence electrons. The number of nitrogens with zero attached hydrogens (tertiary/aromatic N) is 8. The molecule has 0 bridgehead atoms. The van der Waals surface area contributed by atoms with Crippen molar-refractivity contribution in [2.24, 2.45) is 0 Å². The van der Waals surface area contributed by atoms with Crippen LogP contribution in [0.25, 0.3) is 39.3 Å². The van der Waals surface area contributed by atoms with Crippen molar-refractivity contribution in [2.45, 2.75) is 49.8 Å². The first-order valence-electron chi connectivity index (χ1n) is 14.7. The highest BCUT2D eigenvalue weighted by molar-refractivity contribution is 7.90. The van der Waals surface area contributed by atoms with Crippen LogP contribution in [0.5, 0.6) is 0 Å². The summed E-state index contributed by atoms with van der Waals surface area (Å²) < 4.78 is 43.2. The Morgan fingerprint density at radius 1 is 1.13 bits per heavy atom. The number of carbonyl (C=O) groups excluding carboxylic acids is 1. The number of nitriles is 1. The van der Waals surface area contributed by atoms with E-state index < -0.39 is 27.3 Å². The van der Waals surface area contributed by atoms with Gasteiger partial charge in [0.25, 0.3) is 10.0 Å². The molecule has 0 atom stereocenters. The molecule has 47 heavy (non-hydrogen) atoms. The molecule has 0 aliphatic carbocycles. The van der Waals surface area contributed by atoms with Gasteiger partial charge in [0.15, 0.2) is 17.2 Å². The lowest BCUT2D eigenvalue weighted by atomic mass is 9.87. The maximum absolute atomic E-state index is 13.6. The third-order valence-corrected chi connectivity index (χ3v) is 9.66. The highest BCUT2D eigenvalue weighted by atomic mass is 32.2. The summed E-state index contributed by atoms with van der Waals surface area (Å²) in [4.78, 5) is 23.7. The van der Waals surface area contributed by atoms with E-state index in [1.807, 2.05) is 0 Å². The van der Waals surface area contributed by atoms with Crippen molar-refractivity contribution in [3.8, 4) is 23.3 Å². The number of ether oxygens (including phenoxy) is 1. The van der Waals surface area contributed by atoms with E-state index in [9.17, 15) is 23.6 Å². The van der Waals surface area contributed by atoms with Gasteiger partial charge in [0.05, 0.1) is 54.1 Å². The predicted molar refractivity (Wildman–Crippen MR) is 169 cm³/mol. The summed E-state index contributed by atoms with van der Waals surface area (Å²) in [5.74, 6) is 1.06. The number of amides is 1. The van der Waals surface area contributed by atoms with Crippen LogP contribution in [-0.4, -0.2) is 71.5 Å². The minimum Gasteiger partial charge on any atom is -0.455 e. The number of imidazole rings is 1. The molecule has 15 heteroatoms. The van der Waals surface area contributed by atoms with Gasteiger partial charge in [-0.15, -0.1) is 0 Å². The Kier molecular flexibility index (Phi) is 6.95. The number of benzene rings is 1. The van der Waals surface area contributed by atoms with Crippen LogP contribution in [0.2, 0.25) is 0 Å². The highest BCUT2D eigenvalue weighted by Gasteiger charge is 2.49. The van der Waals surface area contributed by atoms with E-state index in [0.29, 0.717) is 39.5 Å². The zero-order valence-electron chi connectivity index (χ0n) is 25.7. The number of carbonyl (C=O) groups is 1. The second-order valence-electron chi connectivity index (χ2n) is 12.4. The molecule has 1 saturated heterocycles. The molecule has 6 aromatic rings. The zero-order chi connectivity index (χ0) is 33.1. The number of hydrogen-bond acceptors (Lipinski definition) is 10. The molecule has 0 spiro atoms. The first-order valence-corrected chi connectivity index (χ1v) is 16.2. The molecule has 1 N–H and O–H groups in total. The van der Waals surface area contributed by atoms with Crippen molar-refractivity contribution in [3.05, 3.63) is 79.1 Å². The molecule has 0 radical (unpaired) electrons. The number of pyridine rings is 1. The lowest BCUT2D eigenvalue weighted by molar-refractivity contribution is -0.0314. The molecule has 7 rings (SSSR count). The van der Waals surface area contributed by atoms with Crippen molar-refractivity contribution < 1.29 is 27.5 Å². The van der Waals surface area contributed by atoms with Gasteiger partial charge in [-0.1, -0.05) is 18.2 Å². The van der Waals surface area contributed by atoms with Gasteiger partial charge < -0.3 is 19.2 Å². The molecule has 0 unspecified atom stereocenters. The number of likely N-dealkylation sites (tertiary alicyclic amines) is 1. The lowest BCUT2D eigenvalue weighted by Gasteiger charge is -2.48. The summed E-state index contributed by atoms with van der Waals surface area (Å²) in [6, 6.07) is 15.3. The molecule has 1 aliphatic rings. The van der Waals surface area contributed by atoms with Crippen molar-refractivity contribution in [1.82, 2.24) is 33.2 Å². The SMILES string of the molecule is CC(C)(C)OC(=O)N1CC(CC#N)(n2cc(-n3c(-c4ccc(CO)o4)nc4cnc5c(ccn5S(=O)(=O)c5ccccc5)c43)cn2)C1. The Morgan fingerprint density at radius 3 is 2.57 bits per heavy atom. The van der Waals surface area contributed by atoms with Gasteiger partial charge in [0.1, 0.15) is 29.0 Å². The van der Waals surface area contributed by atoms with Crippen LogP contribution in [0.4, 0.5) is 4.79 Å². The number of aliphatic hydroxyl groups is 1. The summed E-state index contributed by atoms with van der Waals surface area (Å²) in [5.41, 5.74) is 0.298. The average molecular weight is 655 g/mol. The van der Waals surface area contributed by atoms with Crippen molar-refractivity contribution in [2.75, 3.05) is 13.1 Å². The van der Waals surface area contributed by atoms with Crippen molar-refractivity contribution in [1.29, 1.82) is 5.26 Å². The predicted octanol–water partition coefficient (Wildman–Crippen LogP) is 4.42. The number of aliphatic hydroxyl groups excluding tert-OH is 1. The number of furan rings is 1. The standard InChI is InChI=1S/C32H30N8O6S/c1-31(2,3)46-30(42)37-19-32(20-37,12-13-33)39-17-21(15-35-39)40-27-24-11-14-38(47(43,44)23-7-5-4-6-8-23)28(24)34-16-25(27)36-29(40)26-10-9-22(18-41)45-26/h4-11,14-17,41H,12,18-20H2,1-3H3. The molecular formula is C32H30N8O6S. The van der Waals surface area contributed by atoms with E-state index in [1.165, 1.54) is 29.4 Å². The van der Waals surface area contributed by atoms with E-state index in [2.05, 4.69) is 16.2 Å². The van der Waals surface area contributed by atoms with Crippen LogP contribution in [0.1, 0.15) is 33.0 Å². The molecule has 6 heterocycles. The molecule has 1 aliphatic heterocycles. The zero-order valence-corrected chi connectivity index (χ0v) is 26.5. The van der Waals surface area contributed by atoms with Gasteiger partial charge in [0.2, 0.25) is 0 Å². The Bertz CT molecular complexity index is 2300. The third-order valence-electron chi connectivity index (χ3n) is 7.98. The van der Waals surface area contributed by atoms with Gasteiger partial charge in [-0.05, 0) is 51.1 Å². The maximum atomic E-state index is 13.6. The maximum Gasteiger partial charge on any atom is 0.410 e. The van der Waals surface area contributed by atoms with E-state index >= 15 is 0 Å². The fourth-order valence-corrected chi connectivity index (χ4v) is 7.14. The quantitative estimate of drug-likeness (QED) is 0.259. The van der Waals surface area contributed by atoms with Crippen LogP contribution in [0, 0.1) is 11.3 Å². The molecule has 14 nitrogen and oxygen atoms in total. The topological polar surface area (TPSA) is 174 Å². The summed E-state index contributed by atoms with van der Waals surface area (Å²) in [5, 5.41) is 24.5. The van der Waals surface area contributed by atoms with Crippen LogP contribution >= 0.6 is 0 Å². The van der Waals surface area contributed by atoms with E-state index in [1.54, 1.807) is 78.8 Å². The highest BCUT2D eigenvalue weighted by Crippen LogP contribution is 2.37. The number of fused-ring (bicyclic) bond motifs is 3. The van der Waals surface area contributed by atoms with Crippen LogP contribution in [0.15, 0.2) is 82.6 Å². The normalized spacial score (nSPS) is 14.7. The summed E-state index contributed by atoms with van der Waals surface area (Å²) >= 11 is 0. The molecular weight excluding hydrogens is 624 g/mol. The first kappa shape index (κ1) is 30.2. The Hall–Kier alpha value is -5.46. The third kappa shape index (κ3) is 5.02. The van der Waals surface area contributed by atoms with Crippen LogP contribution < -0.4 is 0 Å². The van der Waals surface area contributed by atoms with Gasteiger partial charge in [0, 0.05) is 17.8 Å². The number of aromatic nitrogens is 6. The molecule has 5 aromatic heterocycles. The molecule has 0 saturated carbocycles. The van der Waals surface area contributed by atoms with E-state index in [-0.39, 0.29) is 36.7 Å². The fourth-order valence-electron chi connectivity index (χ4n) is 5.82. The van der Waals surface area contributed by atoms with Crippen LogP contribution in [-0.2, 0) is 26.9 Å². The lowest BCUT2D eigenvalue weighted by Crippen LogP contribution is -2.64. The number of rotatable bonds is 7. The second-order valence-corrected chi connectivity index (χ2v) is 14.2. The van der Waals surface area contributed by atoms with E-state index in [0.717, 1.165) is 3.97 Å². The minimum absolute atomic E-state index is 0.0946. The van der Waals surface area contributed by atoms with Gasteiger partial charge in [-0.2, -0.15) is 10.4 Å². The van der Waals surface area contributed by atoms with Gasteiger partial charge in [-0.25, -0.2) is 27.2 Å². The minimum atomic E-state index is -3.97. The second kappa shape index (κ2) is 10.8. The Morgan fingerprint density at radius 2 is 1.89 bits per heavy atom. The monoisotopic (exact) mass is 654 g/mol. The Balaban J connectivity index is 1.37. The van der Waals surface area contributed by atoms with Crippen molar-refractivity contribution in [3.63, 3.8) is 0 Å². The largest absolute Gasteiger partial charge is 0.455 e. The molecule has 1 aromatic carbocycles. The average Bonchev–Trinajstić information content (AvgIpc) is 3.82. The summed E-state index contributed by atoms with van der Waals surface area (Å²) in [6.07, 6.45) is 5.95. The smallest absolute Gasteiger partial charge is 0.410 e. The Labute approximate surface area is 269 Å². The van der Waals surface area contributed by atoms with Gasteiger partial charge in [-0.3, -0.25) is 9.25 Å². The summed E-state index contributed by atoms with van der Waals surface area (Å²) in [7, 11) is -3.97. The molecule has 1 amide bonds. The molecule has 1 fully saturated rings. The number of hydrogen-bond donors (Lipinski definition) is 1. The van der Waals surface area contributed by atoms with E-state index in [4.69, 9.17) is 14.1 Å². The van der Waals surface area contributed by atoms with Gasteiger partial charge >= 0.3 is 6.09 Å². The summed E-state index contributed by atoms with van der Waals surface area (Å²) in [6.45, 7) is 5.51. The first-order chi connectivity index (χ1) is 22.4. The fraction of sp³-hybridized carbons (Fsp3) is 0.281.